The number of allylic oxidation sites excluding steroid dienone is 1. The van der Waals surface area contributed by atoms with E-state index in [2.05, 4.69) is 0 Å². The van der Waals surface area contributed by atoms with Gasteiger partial charge in [-0.3, -0.25) is 4.79 Å². The summed E-state index contributed by atoms with van der Waals surface area (Å²) in [5, 5.41) is 11.9. The van der Waals surface area contributed by atoms with Crippen LogP contribution < -0.4 is 5.73 Å². The van der Waals surface area contributed by atoms with Gasteiger partial charge < -0.3 is 10.8 Å². The first-order valence-electron chi connectivity index (χ1n) is 9.11. The Hall–Kier alpha value is -3.24. The van der Waals surface area contributed by atoms with Gasteiger partial charge in [0.15, 0.2) is 5.78 Å². The fraction of sp³-hybridized carbons (Fsp3) is 0.125. The number of hydrogen-bond donors (Lipinski definition) is 2. The number of nitrogen functional groups attached to an aromatic ring is 1. The van der Waals surface area contributed by atoms with E-state index in [1.54, 1.807) is 43.3 Å². The highest BCUT2D eigenvalue weighted by atomic mass is 19.1. The van der Waals surface area contributed by atoms with Crippen molar-refractivity contribution in [3.8, 4) is 0 Å². The Kier molecular flexibility index (Phi) is 4.36. The summed E-state index contributed by atoms with van der Waals surface area (Å²) < 4.78 is 13.5. The Bertz CT molecular complexity index is 1060. The molecule has 28 heavy (non-hydrogen) atoms. The second-order valence-electron chi connectivity index (χ2n) is 7.10. The van der Waals surface area contributed by atoms with Crippen LogP contribution in [0.2, 0.25) is 0 Å². The van der Waals surface area contributed by atoms with E-state index in [4.69, 9.17) is 5.73 Å². The maximum absolute atomic E-state index is 13.5. The van der Waals surface area contributed by atoms with E-state index in [0.717, 1.165) is 0 Å². The summed E-state index contributed by atoms with van der Waals surface area (Å²) in [5.74, 6) is -1.25. The Morgan fingerprint density at radius 3 is 2.07 bits per heavy atom. The van der Waals surface area contributed by atoms with Gasteiger partial charge in [-0.25, -0.2) is 4.39 Å². The van der Waals surface area contributed by atoms with Crippen molar-refractivity contribution in [3.05, 3.63) is 101 Å². The molecule has 3 aromatic rings. The molecule has 0 bridgehead atoms. The number of carbonyl (C=O) groups excluding carboxylic acids is 1. The number of Topliss-reactive ketones (excluding diaryl/α,β-unsaturated/α-hetero) is 1. The lowest BCUT2D eigenvalue weighted by Gasteiger charge is -2.31. The van der Waals surface area contributed by atoms with Crippen LogP contribution in [0, 0.1) is 11.7 Å². The first kappa shape index (κ1) is 18.1. The van der Waals surface area contributed by atoms with Crippen LogP contribution in [-0.2, 0) is 10.4 Å². The van der Waals surface area contributed by atoms with E-state index < -0.39 is 11.5 Å². The fourth-order valence-electron chi connectivity index (χ4n) is 3.94. The molecule has 3 aromatic carbocycles. The molecule has 4 rings (SSSR count). The molecule has 0 radical (unpaired) electrons. The molecule has 0 saturated heterocycles. The fourth-order valence-corrected chi connectivity index (χ4v) is 3.94. The zero-order valence-electron chi connectivity index (χ0n) is 15.4. The molecule has 140 valence electrons. The lowest BCUT2D eigenvalue weighted by Crippen LogP contribution is -2.33. The number of halogens is 1. The first-order chi connectivity index (χ1) is 13.4. The Balaban J connectivity index is 2.04. The zero-order chi connectivity index (χ0) is 19.9. The largest absolute Gasteiger partial charge is 0.399 e. The molecule has 0 aromatic heterocycles. The highest BCUT2D eigenvalue weighted by Crippen LogP contribution is 2.53. The molecule has 0 heterocycles. The molecular formula is C24H20FNO2. The first-order valence-corrected chi connectivity index (χ1v) is 9.11. The van der Waals surface area contributed by atoms with Gasteiger partial charge in [-0.2, -0.15) is 0 Å². The molecule has 0 amide bonds. The summed E-state index contributed by atoms with van der Waals surface area (Å²) in [6, 6.07) is 22.0. The molecular weight excluding hydrogens is 353 g/mol. The monoisotopic (exact) mass is 373 g/mol. The van der Waals surface area contributed by atoms with Crippen molar-refractivity contribution in [3.63, 3.8) is 0 Å². The van der Waals surface area contributed by atoms with E-state index >= 15 is 0 Å². The van der Waals surface area contributed by atoms with E-state index in [1.165, 1.54) is 12.1 Å². The van der Waals surface area contributed by atoms with Crippen LogP contribution in [0.4, 0.5) is 10.1 Å². The highest BCUT2D eigenvalue weighted by Gasteiger charge is 2.52. The number of hydrogen-bond acceptors (Lipinski definition) is 3. The van der Waals surface area contributed by atoms with Crippen molar-refractivity contribution in [1.29, 1.82) is 0 Å². The number of nitrogens with two attached hydrogens (primary N) is 1. The van der Waals surface area contributed by atoms with Crippen LogP contribution in [-0.4, -0.2) is 10.9 Å². The minimum atomic E-state index is -1.50. The summed E-state index contributed by atoms with van der Waals surface area (Å²) in [5.41, 5.74) is 7.77. The maximum atomic E-state index is 13.5. The maximum Gasteiger partial charge on any atom is 0.170 e. The molecule has 0 saturated carbocycles. The summed E-state index contributed by atoms with van der Waals surface area (Å²) in [6.07, 6.45) is 0. The number of benzene rings is 3. The lowest BCUT2D eigenvalue weighted by atomic mass is 9.78. The Morgan fingerprint density at radius 1 is 0.893 bits per heavy atom. The van der Waals surface area contributed by atoms with Gasteiger partial charge in [0, 0.05) is 16.8 Å². The van der Waals surface area contributed by atoms with Gasteiger partial charge in [0.25, 0.3) is 0 Å². The van der Waals surface area contributed by atoms with Crippen LogP contribution in [0.25, 0.3) is 11.1 Å². The third-order valence-corrected chi connectivity index (χ3v) is 5.44. The van der Waals surface area contributed by atoms with Crippen LogP contribution in [0.3, 0.4) is 0 Å². The predicted octanol–water partition coefficient (Wildman–Crippen LogP) is 4.43. The Labute approximate surface area is 163 Å². The summed E-state index contributed by atoms with van der Waals surface area (Å²) in [4.78, 5) is 13.3. The van der Waals surface area contributed by atoms with Gasteiger partial charge in [-0.1, -0.05) is 61.5 Å². The van der Waals surface area contributed by atoms with Crippen molar-refractivity contribution in [2.45, 2.75) is 12.5 Å². The normalized spacial score (nSPS) is 22.0. The molecule has 0 spiro atoms. The standard InChI is InChI=1S/C24H20FNO2/c1-15-23(27)21(16-7-11-19(25)12-8-16)22(17-9-13-20(26)14-10-17)24(15,28)18-5-3-2-4-6-18/h2-15,28H,26H2,1H3. The minimum absolute atomic E-state index is 0.176. The van der Waals surface area contributed by atoms with Crippen molar-refractivity contribution in [1.82, 2.24) is 0 Å². The molecule has 1 aliphatic rings. The molecule has 0 aliphatic heterocycles. The second-order valence-corrected chi connectivity index (χ2v) is 7.10. The van der Waals surface area contributed by atoms with Crippen molar-refractivity contribution in [2.75, 3.05) is 5.73 Å². The van der Waals surface area contributed by atoms with Crippen LogP contribution in [0.5, 0.6) is 0 Å². The number of aliphatic hydroxyl groups is 1. The number of carbonyl (C=O) groups is 1. The van der Waals surface area contributed by atoms with Gasteiger partial charge in [-0.05, 0) is 41.0 Å². The quantitative estimate of drug-likeness (QED) is 0.668. The predicted molar refractivity (Wildman–Crippen MR) is 109 cm³/mol. The third-order valence-electron chi connectivity index (χ3n) is 5.44. The molecule has 2 atom stereocenters. The van der Waals surface area contributed by atoms with Gasteiger partial charge in [0.05, 0.1) is 5.92 Å². The second kappa shape index (κ2) is 6.73. The smallest absolute Gasteiger partial charge is 0.170 e. The van der Waals surface area contributed by atoms with E-state index in [-0.39, 0.29) is 11.6 Å². The third kappa shape index (κ3) is 2.74. The summed E-state index contributed by atoms with van der Waals surface area (Å²) in [7, 11) is 0. The van der Waals surface area contributed by atoms with Gasteiger partial charge in [0.1, 0.15) is 11.4 Å². The van der Waals surface area contributed by atoms with E-state index in [0.29, 0.717) is 33.5 Å². The van der Waals surface area contributed by atoms with E-state index in [1.807, 2.05) is 30.3 Å². The molecule has 2 unspecified atom stereocenters. The minimum Gasteiger partial charge on any atom is -0.399 e. The van der Waals surface area contributed by atoms with Crippen LogP contribution in [0.15, 0.2) is 78.9 Å². The van der Waals surface area contributed by atoms with Crippen LogP contribution in [0.1, 0.15) is 23.6 Å². The molecule has 3 N–H and O–H groups in total. The van der Waals surface area contributed by atoms with Gasteiger partial charge >= 0.3 is 0 Å². The van der Waals surface area contributed by atoms with Gasteiger partial charge in [0.2, 0.25) is 0 Å². The summed E-state index contributed by atoms with van der Waals surface area (Å²) >= 11 is 0. The van der Waals surface area contributed by atoms with Crippen molar-refractivity contribution < 1.29 is 14.3 Å². The van der Waals surface area contributed by atoms with Crippen molar-refractivity contribution in [2.24, 2.45) is 5.92 Å². The SMILES string of the molecule is CC1C(=O)C(c2ccc(F)cc2)=C(c2ccc(N)cc2)C1(O)c1ccccc1. The van der Waals surface area contributed by atoms with Crippen molar-refractivity contribution >= 4 is 22.6 Å². The molecule has 1 aliphatic carbocycles. The number of ketones is 1. The number of anilines is 1. The topological polar surface area (TPSA) is 63.3 Å². The molecule has 0 fully saturated rings. The summed E-state index contributed by atoms with van der Waals surface area (Å²) in [6.45, 7) is 1.73. The van der Waals surface area contributed by atoms with E-state index in [9.17, 15) is 14.3 Å². The van der Waals surface area contributed by atoms with Gasteiger partial charge in [-0.15, -0.1) is 0 Å². The molecule has 4 heteroatoms. The Morgan fingerprint density at radius 2 is 1.46 bits per heavy atom. The average Bonchev–Trinajstić information content (AvgIpc) is 2.92. The zero-order valence-corrected chi connectivity index (χ0v) is 15.4. The number of rotatable bonds is 3. The molecule has 3 nitrogen and oxygen atoms in total. The lowest BCUT2D eigenvalue weighted by molar-refractivity contribution is -0.121. The highest BCUT2D eigenvalue weighted by molar-refractivity contribution is 6.33. The average molecular weight is 373 g/mol. The van der Waals surface area contributed by atoms with Crippen LogP contribution >= 0.6 is 0 Å².